The maximum Gasteiger partial charge on any atom is 0.332 e. The highest BCUT2D eigenvalue weighted by Gasteiger charge is 2.24. The van der Waals surface area contributed by atoms with Crippen LogP contribution in [0.25, 0.3) is 11.0 Å². The molecule has 1 aromatic carbocycles. The number of benzene rings is 1. The summed E-state index contributed by atoms with van der Waals surface area (Å²) < 4.78 is 16.6. The molecule has 4 rings (SSSR count). The number of thioether (sulfide) groups is 1. The molecular weight excluding hydrogens is 415 g/mol. The molecule has 0 unspecified atom stereocenters. The molecule has 0 spiro atoms. The van der Waals surface area contributed by atoms with Gasteiger partial charge in [-0.25, -0.2) is 19.2 Å². The van der Waals surface area contributed by atoms with E-state index in [1.165, 1.54) is 29.4 Å². The van der Waals surface area contributed by atoms with Crippen LogP contribution in [0.2, 0.25) is 5.02 Å². The van der Waals surface area contributed by atoms with E-state index in [2.05, 4.69) is 9.97 Å². The lowest BCUT2D eigenvalue weighted by Crippen LogP contribution is -2.38. The molecule has 29 heavy (non-hydrogen) atoms. The fraction of sp³-hybridized carbons (Fsp3) is 0.400. The van der Waals surface area contributed by atoms with Gasteiger partial charge in [0.05, 0.1) is 0 Å². The number of fused-ring (bicyclic) bond motifs is 1. The van der Waals surface area contributed by atoms with E-state index in [4.69, 9.17) is 11.6 Å². The molecule has 0 amide bonds. The molecule has 1 fully saturated rings. The van der Waals surface area contributed by atoms with E-state index in [1.54, 1.807) is 19.2 Å². The zero-order valence-corrected chi connectivity index (χ0v) is 17.7. The van der Waals surface area contributed by atoms with Gasteiger partial charge in [-0.05, 0) is 25.0 Å². The molecule has 0 N–H and O–H groups in total. The minimum atomic E-state index is -0.455. The highest BCUT2D eigenvalue weighted by molar-refractivity contribution is 7.98. The first-order valence-corrected chi connectivity index (χ1v) is 10.8. The second-order valence-electron chi connectivity index (χ2n) is 7.26. The van der Waals surface area contributed by atoms with Gasteiger partial charge in [-0.1, -0.05) is 30.5 Å². The molecule has 1 saturated carbocycles. The topological polar surface area (TPSA) is 69.8 Å². The van der Waals surface area contributed by atoms with Crippen LogP contribution in [0.3, 0.4) is 0 Å². The third-order valence-corrected chi connectivity index (χ3v) is 6.78. The molecule has 1 aliphatic rings. The third kappa shape index (κ3) is 3.59. The predicted octanol–water partition coefficient (Wildman–Crippen LogP) is 3.77. The van der Waals surface area contributed by atoms with Crippen LogP contribution in [0.4, 0.5) is 4.39 Å². The number of hydrogen-bond acceptors (Lipinski definition) is 5. The SMILES string of the molecule is Cn1c(=O)c2c(SCc3c(F)cccc3Cl)nc(C3CCCC3)nc2n(C)c1=O. The minimum Gasteiger partial charge on any atom is -0.280 e. The number of halogens is 2. The zero-order chi connectivity index (χ0) is 20.7. The summed E-state index contributed by atoms with van der Waals surface area (Å²) in [5, 5.41) is 1.05. The number of hydrogen-bond donors (Lipinski definition) is 0. The van der Waals surface area contributed by atoms with Gasteiger partial charge in [-0.3, -0.25) is 13.9 Å². The van der Waals surface area contributed by atoms with Gasteiger partial charge >= 0.3 is 5.69 Å². The molecule has 0 saturated heterocycles. The summed E-state index contributed by atoms with van der Waals surface area (Å²) in [6, 6.07) is 4.54. The first-order chi connectivity index (χ1) is 13.9. The first kappa shape index (κ1) is 20.1. The van der Waals surface area contributed by atoms with Crippen LogP contribution in [-0.4, -0.2) is 19.1 Å². The predicted molar refractivity (Wildman–Crippen MR) is 112 cm³/mol. The molecule has 2 heterocycles. The molecule has 0 atom stereocenters. The molecule has 3 aromatic rings. The lowest BCUT2D eigenvalue weighted by Gasteiger charge is -2.14. The van der Waals surface area contributed by atoms with Gasteiger partial charge in [0, 0.05) is 36.4 Å². The summed E-state index contributed by atoms with van der Waals surface area (Å²) in [6.07, 6.45) is 4.17. The number of aryl methyl sites for hydroxylation is 1. The van der Waals surface area contributed by atoms with Crippen LogP contribution in [0.15, 0.2) is 32.8 Å². The van der Waals surface area contributed by atoms with E-state index in [0.29, 0.717) is 27.1 Å². The Morgan fingerprint density at radius 1 is 1.17 bits per heavy atom. The Morgan fingerprint density at radius 2 is 1.90 bits per heavy atom. The lowest BCUT2D eigenvalue weighted by atomic mass is 10.1. The molecule has 152 valence electrons. The van der Waals surface area contributed by atoms with Crippen LogP contribution < -0.4 is 11.2 Å². The number of rotatable bonds is 4. The Bertz CT molecular complexity index is 1200. The Morgan fingerprint density at radius 3 is 2.59 bits per heavy atom. The van der Waals surface area contributed by atoms with E-state index in [9.17, 15) is 14.0 Å². The van der Waals surface area contributed by atoms with Gasteiger partial charge < -0.3 is 0 Å². The van der Waals surface area contributed by atoms with Crippen molar-refractivity contribution in [2.75, 3.05) is 0 Å². The molecule has 2 aromatic heterocycles. The molecule has 6 nitrogen and oxygen atoms in total. The van der Waals surface area contributed by atoms with Crippen LogP contribution in [0.5, 0.6) is 0 Å². The Labute approximate surface area is 175 Å². The fourth-order valence-electron chi connectivity index (χ4n) is 3.73. The summed E-state index contributed by atoms with van der Waals surface area (Å²) in [5.74, 6) is 0.656. The summed E-state index contributed by atoms with van der Waals surface area (Å²) >= 11 is 7.39. The number of nitrogens with zero attached hydrogens (tertiary/aromatic N) is 4. The van der Waals surface area contributed by atoms with Crippen molar-refractivity contribution in [3.05, 3.63) is 61.3 Å². The normalized spacial score (nSPS) is 14.8. The minimum absolute atomic E-state index is 0.204. The van der Waals surface area contributed by atoms with Crippen molar-refractivity contribution in [1.29, 1.82) is 0 Å². The maximum atomic E-state index is 14.2. The standard InChI is InChI=1S/C20H20ClFN4O2S/c1-25-17-15(19(27)26(2)20(25)28)18(24-16(23-17)11-6-3-4-7-11)29-10-12-13(21)8-5-9-14(12)22/h5,8-9,11H,3-4,6-7,10H2,1-2H3. The van der Waals surface area contributed by atoms with Gasteiger partial charge in [0.2, 0.25) is 0 Å². The summed E-state index contributed by atoms with van der Waals surface area (Å²) in [7, 11) is 3.02. The quantitative estimate of drug-likeness (QED) is 0.461. The van der Waals surface area contributed by atoms with E-state index >= 15 is 0 Å². The average Bonchev–Trinajstić information content (AvgIpc) is 3.24. The van der Waals surface area contributed by atoms with Gasteiger partial charge in [-0.2, -0.15) is 0 Å². The van der Waals surface area contributed by atoms with E-state index in [-0.39, 0.29) is 17.1 Å². The molecule has 0 radical (unpaired) electrons. The Kier molecular flexibility index (Phi) is 5.48. The van der Waals surface area contributed by atoms with Gasteiger partial charge in [0.25, 0.3) is 5.56 Å². The smallest absolute Gasteiger partial charge is 0.280 e. The highest BCUT2D eigenvalue weighted by atomic mass is 35.5. The van der Waals surface area contributed by atoms with E-state index in [1.807, 2.05) is 0 Å². The first-order valence-electron chi connectivity index (χ1n) is 9.42. The van der Waals surface area contributed by atoms with Crippen LogP contribution >= 0.6 is 23.4 Å². The maximum absolute atomic E-state index is 14.2. The van der Waals surface area contributed by atoms with Gasteiger partial charge in [0.15, 0.2) is 5.65 Å². The van der Waals surface area contributed by atoms with Crippen molar-refractivity contribution >= 4 is 34.4 Å². The van der Waals surface area contributed by atoms with Crippen molar-refractivity contribution < 1.29 is 4.39 Å². The number of aromatic nitrogens is 4. The molecule has 0 aliphatic heterocycles. The Hall–Kier alpha value is -2.19. The van der Waals surface area contributed by atoms with Gasteiger partial charge in [0.1, 0.15) is 22.1 Å². The highest BCUT2D eigenvalue weighted by Crippen LogP contribution is 2.35. The molecule has 0 bridgehead atoms. The van der Waals surface area contributed by atoms with E-state index < -0.39 is 17.1 Å². The van der Waals surface area contributed by atoms with Crippen LogP contribution in [0, 0.1) is 5.82 Å². The van der Waals surface area contributed by atoms with Gasteiger partial charge in [-0.15, -0.1) is 11.8 Å². The molecule has 9 heteroatoms. The summed E-state index contributed by atoms with van der Waals surface area (Å²) in [6.45, 7) is 0. The van der Waals surface area contributed by atoms with Crippen LogP contribution in [-0.2, 0) is 19.8 Å². The van der Waals surface area contributed by atoms with Crippen LogP contribution in [0.1, 0.15) is 43.0 Å². The second-order valence-corrected chi connectivity index (χ2v) is 8.63. The molecular formula is C20H20ClFN4O2S. The monoisotopic (exact) mass is 434 g/mol. The van der Waals surface area contributed by atoms with Crippen molar-refractivity contribution in [2.45, 2.75) is 42.4 Å². The summed E-state index contributed by atoms with van der Waals surface area (Å²) in [5.41, 5.74) is -0.220. The zero-order valence-electron chi connectivity index (χ0n) is 16.1. The lowest BCUT2D eigenvalue weighted by molar-refractivity contribution is 0.617. The Balaban J connectivity index is 1.88. The average molecular weight is 435 g/mol. The summed E-state index contributed by atoms with van der Waals surface area (Å²) in [4.78, 5) is 34.5. The molecule has 1 aliphatic carbocycles. The van der Waals surface area contributed by atoms with Crippen molar-refractivity contribution in [2.24, 2.45) is 14.1 Å². The van der Waals surface area contributed by atoms with Crippen molar-refractivity contribution in [1.82, 2.24) is 19.1 Å². The largest absolute Gasteiger partial charge is 0.332 e. The second kappa shape index (κ2) is 7.91. The van der Waals surface area contributed by atoms with Crippen molar-refractivity contribution in [3.8, 4) is 0 Å². The fourth-order valence-corrected chi connectivity index (χ4v) is 5.09. The third-order valence-electron chi connectivity index (χ3n) is 5.42. The van der Waals surface area contributed by atoms with E-state index in [0.717, 1.165) is 30.3 Å². The van der Waals surface area contributed by atoms with Crippen molar-refractivity contribution in [3.63, 3.8) is 0 Å².